The monoisotopic (exact) mass is 572 g/mol. The van der Waals surface area contributed by atoms with Crippen LogP contribution in [0.15, 0.2) is 35.3 Å². The van der Waals surface area contributed by atoms with Gasteiger partial charge in [0.25, 0.3) is 0 Å². The maximum atomic E-state index is 12.5. The van der Waals surface area contributed by atoms with Crippen LogP contribution >= 0.6 is 24.0 Å². The van der Waals surface area contributed by atoms with Crippen molar-refractivity contribution in [1.82, 2.24) is 15.1 Å². The first kappa shape index (κ1) is 27.9. The van der Waals surface area contributed by atoms with E-state index in [0.29, 0.717) is 25.6 Å². The van der Waals surface area contributed by atoms with Crippen molar-refractivity contribution in [1.29, 1.82) is 0 Å². The van der Waals surface area contributed by atoms with Gasteiger partial charge in [-0.3, -0.25) is 9.79 Å². The Balaban J connectivity index is 0.00000385. The molecule has 2 saturated heterocycles. The van der Waals surface area contributed by atoms with Gasteiger partial charge < -0.3 is 24.6 Å². The van der Waals surface area contributed by atoms with Crippen molar-refractivity contribution in [2.24, 2.45) is 4.99 Å². The lowest BCUT2D eigenvalue weighted by Gasteiger charge is -2.35. The number of halogens is 1. The van der Waals surface area contributed by atoms with Crippen LogP contribution in [-0.4, -0.2) is 80.3 Å². The highest BCUT2D eigenvalue weighted by Gasteiger charge is 2.24. The summed E-state index contributed by atoms with van der Waals surface area (Å²) in [6.45, 7) is 7.45. The van der Waals surface area contributed by atoms with E-state index < -0.39 is 0 Å². The van der Waals surface area contributed by atoms with Crippen molar-refractivity contribution < 1.29 is 14.3 Å². The zero-order valence-electron chi connectivity index (χ0n) is 20.2. The number of amides is 1. The average molecular weight is 573 g/mol. The molecule has 186 valence electrons. The van der Waals surface area contributed by atoms with E-state index in [1.807, 2.05) is 37.4 Å². The summed E-state index contributed by atoms with van der Waals surface area (Å²) in [5.74, 6) is 1.02. The van der Waals surface area contributed by atoms with Crippen molar-refractivity contribution in [3.8, 4) is 0 Å². The Kier molecular flexibility index (Phi) is 13.1. The minimum absolute atomic E-state index is 0. The number of hydrogen-bond acceptors (Lipinski definition) is 4. The molecule has 0 bridgehead atoms. The Morgan fingerprint density at radius 3 is 2.64 bits per heavy atom. The van der Waals surface area contributed by atoms with Crippen molar-refractivity contribution in [2.75, 3.05) is 46.4 Å². The lowest BCUT2D eigenvalue weighted by atomic mass is 10.1. The zero-order chi connectivity index (χ0) is 22.6. The minimum atomic E-state index is 0. The molecule has 0 radical (unpaired) electrons. The summed E-state index contributed by atoms with van der Waals surface area (Å²) in [7, 11) is 1.85. The molecule has 33 heavy (non-hydrogen) atoms. The Labute approximate surface area is 216 Å². The van der Waals surface area contributed by atoms with Crippen LogP contribution in [0, 0.1) is 0 Å². The molecule has 2 fully saturated rings. The Bertz CT molecular complexity index is 705. The second-order valence-corrected chi connectivity index (χ2v) is 8.73. The fourth-order valence-electron chi connectivity index (χ4n) is 4.24. The third-order valence-electron chi connectivity index (χ3n) is 6.14. The van der Waals surface area contributed by atoms with E-state index in [0.717, 1.165) is 63.6 Å². The standard InChI is InChI=1S/C25H40N4O3.HI/c1-3-26-25(27-15-12-24(30)28(2)19-21-9-5-4-6-10-21)29-16-13-22(14-17-29)32-20-23-11-7-8-18-31-23;/h4-6,9-10,22-23H,3,7-8,11-20H2,1-2H3,(H,26,27);1H. The highest BCUT2D eigenvalue weighted by atomic mass is 127. The second kappa shape index (κ2) is 15.5. The molecule has 3 rings (SSSR count). The van der Waals surface area contributed by atoms with Crippen molar-refractivity contribution in [3.05, 3.63) is 35.9 Å². The van der Waals surface area contributed by atoms with Gasteiger partial charge in [-0.1, -0.05) is 30.3 Å². The van der Waals surface area contributed by atoms with Crippen LogP contribution in [0.5, 0.6) is 0 Å². The number of aliphatic imine (C=N–C) groups is 1. The molecule has 2 aliphatic rings. The molecule has 1 amide bonds. The quantitative estimate of drug-likeness (QED) is 0.278. The number of benzene rings is 1. The van der Waals surface area contributed by atoms with Gasteiger partial charge in [0, 0.05) is 46.3 Å². The Morgan fingerprint density at radius 1 is 1.21 bits per heavy atom. The second-order valence-electron chi connectivity index (χ2n) is 8.73. The molecule has 1 N–H and O–H groups in total. The van der Waals surface area contributed by atoms with E-state index in [1.54, 1.807) is 4.90 Å². The van der Waals surface area contributed by atoms with Crippen LogP contribution < -0.4 is 5.32 Å². The van der Waals surface area contributed by atoms with Crippen LogP contribution in [0.1, 0.15) is 51.0 Å². The number of nitrogens with zero attached hydrogens (tertiary/aromatic N) is 3. The third-order valence-corrected chi connectivity index (χ3v) is 6.14. The van der Waals surface area contributed by atoms with Gasteiger partial charge in [0.2, 0.25) is 5.91 Å². The van der Waals surface area contributed by atoms with Gasteiger partial charge in [0.15, 0.2) is 5.96 Å². The highest BCUT2D eigenvalue weighted by Crippen LogP contribution is 2.18. The summed E-state index contributed by atoms with van der Waals surface area (Å²) < 4.78 is 11.9. The maximum absolute atomic E-state index is 12.5. The van der Waals surface area contributed by atoms with Gasteiger partial charge in [-0.05, 0) is 44.6 Å². The van der Waals surface area contributed by atoms with E-state index in [4.69, 9.17) is 14.5 Å². The number of guanidine groups is 1. The van der Waals surface area contributed by atoms with Crippen molar-refractivity contribution in [2.45, 2.75) is 64.2 Å². The molecule has 1 aromatic rings. The van der Waals surface area contributed by atoms with E-state index in [-0.39, 0.29) is 36.0 Å². The molecule has 0 aliphatic carbocycles. The number of ether oxygens (including phenoxy) is 2. The molecule has 8 heteroatoms. The van der Waals surface area contributed by atoms with E-state index in [9.17, 15) is 4.79 Å². The van der Waals surface area contributed by atoms with Crippen LogP contribution in [0.3, 0.4) is 0 Å². The summed E-state index contributed by atoms with van der Waals surface area (Å²) in [5, 5.41) is 3.38. The number of rotatable bonds is 9. The van der Waals surface area contributed by atoms with Gasteiger partial charge in [-0.25, -0.2) is 0 Å². The number of nitrogens with one attached hydrogen (secondary N) is 1. The fourth-order valence-corrected chi connectivity index (χ4v) is 4.24. The summed E-state index contributed by atoms with van der Waals surface area (Å²) in [4.78, 5) is 21.3. The first-order valence-electron chi connectivity index (χ1n) is 12.2. The van der Waals surface area contributed by atoms with E-state index in [1.165, 1.54) is 12.8 Å². The lowest BCUT2D eigenvalue weighted by molar-refractivity contribution is -0.130. The van der Waals surface area contributed by atoms with Gasteiger partial charge in [-0.15, -0.1) is 24.0 Å². The number of carbonyl (C=O) groups excluding carboxylic acids is 1. The normalized spacial score (nSPS) is 19.6. The van der Waals surface area contributed by atoms with E-state index in [2.05, 4.69) is 17.1 Å². The molecule has 1 atom stereocenters. The molecular weight excluding hydrogens is 531 g/mol. The Morgan fingerprint density at radius 2 is 1.97 bits per heavy atom. The number of likely N-dealkylation sites (tertiary alicyclic amines) is 1. The molecule has 0 spiro atoms. The topological polar surface area (TPSA) is 66.4 Å². The van der Waals surface area contributed by atoms with Gasteiger partial charge in [0.05, 0.1) is 25.4 Å². The molecule has 1 aromatic carbocycles. The summed E-state index contributed by atoms with van der Waals surface area (Å²) >= 11 is 0. The fraction of sp³-hybridized carbons (Fsp3) is 0.680. The molecule has 7 nitrogen and oxygen atoms in total. The van der Waals surface area contributed by atoms with Crippen LogP contribution in [0.25, 0.3) is 0 Å². The smallest absolute Gasteiger partial charge is 0.224 e. The summed E-state index contributed by atoms with van der Waals surface area (Å²) in [6.07, 6.45) is 6.53. The molecule has 2 heterocycles. The number of carbonyl (C=O) groups is 1. The first-order chi connectivity index (χ1) is 15.7. The zero-order valence-corrected chi connectivity index (χ0v) is 22.5. The molecule has 1 unspecified atom stereocenters. The molecule has 0 saturated carbocycles. The largest absolute Gasteiger partial charge is 0.376 e. The minimum Gasteiger partial charge on any atom is -0.376 e. The molecule has 2 aliphatic heterocycles. The number of piperidine rings is 1. The average Bonchev–Trinajstić information content (AvgIpc) is 2.84. The van der Waals surface area contributed by atoms with Crippen LogP contribution in [0.2, 0.25) is 0 Å². The van der Waals surface area contributed by atoms with Crippen LogP contribution in [-0.2, 0) is 20.8 Å². The van der Waals surface area contributed by atoms with Crippen molar-refractivity contribution in [3.63, 3.8) is 0 Å². The third kappa shape index (κ3) is 9.78. The van der Waals surface area contributed by atoms with Gasteiger partial charge in [0.1, 0.15) is 0 Å². The van der Waals surface area contributed by atoms with Gasteiger partial charge >= 0.3 is 0 Å². The van der Waals surface area contributed by atoms with Gasteiger partial charge in [-0.2, -0.15) is 0 Å². The summed E-state index contributed by atoms with van der Waals surface area (Å²) in [5.41, 5.74) is 1.14. The number of hydrogen-bond donors (Lipinski definition) is 1. The first-order valence-corrected chi connectivity index (χ1v) is 12.2. The molecular formula is C25H41IN4O3. The van der Waals surface area contributed by atoms with E-state index >= 15 is 0 Å². The predicted octanol–water partition coefficient (Wildman–Crippen LogP) is 3.67. The summed E-state index contributed by atoms with van der Waals surface area (Å²) in [6, 6.07) is 10.1. The SMILES string of the molecule is CCNC(=NCCC(=O)N(C)Cc1ccccc1)N1CCC(OCC2CCCCO2)CC1.I. The Hall–Kier alpha value is -1.39. The van der Waals surface area contributed by atoms with Crippen molar-refractivity contribution >= 4 is 35.8 Å². The highest BCUT2D eigenvalue weighted by molar-refractivity contribution is 14.0. The molecule has 0 aromatic heterocycles. The lowest BCUT2D eigenvalue weighted by Crippen LogP contribution is -2.47. The van der Waals surface area contributed by atoms with Crippen LogP contribution in [0.4, 0.5) is 0 Å². The maximum Gasteiger partial charge on any atom is 0.224 e. The predicted molar refractivity (Wildman–Crippen MR) is 143 cm³/mol.